The molecule has 1 heterocycles. The van der Waals surface area contributed by atoms with Crippen molar-refractivity contribution < 1.29 is 0 Å². The predicted molar refractivity (Wildman–Crippen MR) is 370 cm³/mol. The van der Waals surface area contributed by atoms with Crippen LogP contribution in [-0.2, 0) is 6.42 Å². The van der Waals surface area contributed by atoms with Crippen LogP contribution >= 0.6 is 0 Å². The molecule has 0 unspecified atom stereocenters. The molecule has 4 aliphatic rings. The van der Waals surface area contributed by atoms with Crippen LogP contribution in [0.5, 0.6) is 0 Å². The van der Waals surface area contributed by atoms with Gasteiger partial charge in [-0.1, -0.05) is 231 Å². The lowest BCUT2D eigenvalue weighted by Crippen LogP contribution is -2.31. The molecule has 0 spiro atoms. The Balaban J connectivity index is 0.804. The third-order valence-corrected chi connectivity index (χ3v) is 18.9. The van der Waals surface area contributed by atoms with Crippen LogP contribution in [0.3, 0.4) is 0 Å². The van der Waals surface area contributed by atoms with Crippen LogP contribution in [0.25, 0.3) is 128 Å². The third kappa shape index (κ3) is 8.61. The van der Waals surface area contributed by atoms with Crippen LogP contribution in [0, 0.1) is 0 Å². The Morgan fingerprint density at radius 2 is 0.908 bits per heavy atom. The normalized spacial score (nSPS) is 14.2. The van der Waals surface area contributed by atoms with Gasteiger partial charge in [0.05, 0.1) is 16.7 Å². The number of benzene rings is 12. The van der Waals surface area contributed by atoms with E-state index in [2.05, 4.69) is 301 Å². The number of hydrogen-bond donors (Lipinski definition) is 0. The van der Waals surface area contributed by atoms with Gasteiger partial charge in [0.1, 0.15) is 0 Å². The van der Waals surface area contributed by atoms with E-state index in [1.165, 1.54) is 149 Å². The second-order valence-electron chi connectivity index (χ2n) is 23.9. The van der Waals surface area contributed by atoms with Gasteiger partial charge in [-0.15, -0.1) is 0 Å². The first kappa shape index (κ1) is 50.9. The minimum Gasteiger partial charge on any atom is -0.310 e. The standard InChI is InChI=1S/C85H62N2/c1-4-22-56(23-5-1)66-29-12-14-32-69(66)59-41-49-82-79(54-59)80-55-60(70-33-15-13-30-67(70)57-24-6-2-7-25-57)42-50-83(80)87(82)65-45-43-64(44-46-65)86(63-27-8-3-9-28-63)81-51-48-78(72-34-16-17-35-73(72)81)85-76-38-20-18-36-74(76)84(75-37-19-21-39-77(75)85)61-40-47-71-62(53-61)52-58-26-10-11-31-68(58)71/h1-2,4-8,10-12,14-18,20,22-29,31-51,53-55H,3,9,13,19,21,30,52H2. The Labute approximate surface area is 508 Å². The largest absolute Gasteiger partial charge is 0.310 e. The molecule has 12 aromatic carbocycles. The van der Waals surface area contributed by atoms with E-state index in [4.69, 9.17) is 0 Å². The second-order valence-corrected chi connectivity index (χ2v) is 23.9. The van der Waals surface area contributed by atoms with E-state index in [1.54, 1.807) is 0 Å². The summed E-state index contributed by atoms with van der Waals surface area (Å²) >= 11 is 0. The summed E-state index contributed by atoms with van der Waals surface area (Å²) in [6.07, 6.45) is 23.9. The maximum absolute atomic E-state index is 2.52. The van der Waals surface area contributed by atoms with E-state index in [-0.39, 0.29) is 0 Å². The number of anilines is 2. The zero-order chi connectivity index (χ0) is 57.4. The molecule has 2 heteroatoms. The Hall–Kier alpha value is -10.5. The van der Waals surface area contributed by atoms with Gasteiger partial charge in [-0.3, -0.25) is 0 Å². The molecule has 0 fully saturated rings. The molecule has 87 heavy (non-hydrogen) atoms. The number of rotatable bonds is 10. The Kier molecular flexibility index (Phi) is 12.4. The lowest BCUT2D eigenvalue weighted by atomic mass is 9.84. The van der Waals surface area contributed by atoms with Gasteiger partial charge < -0.3 is 9.47 Å². The summed E-state index contributed by atoms with van der Waals surface area (Å²) in [6.45, 7) is 0. The molecule has 13 aromatic rings. The lowest BCUT2D eigenvalue weighted by Gasteiger charge is -2.30. The molecule has 17 rings (SSSR count). The Morgan fingerprint density at radius 1 is 0.333 bits per heavy atom. The number of nitrogens with zero attached hydrogens (tertiary/aromatic N) is 2. The molecule has 0 N–H and O–H groups in total. The molecule has 4 aliphatic carbocycles. The molecule has 412 valence electrons. The molecule has 2 nitrogen and oxygen atoms in total. The summed E-state index contributed by atoms with van der Waals surface area (Å²) in [5, 5.41) is 10.2. The highest BCUT2D eigenvalue weighted by atomic mass is 15.1. The summed E-state index contributed by atoms with van der Waals surface area (Å²) in [7, 11) is 0. The van der Waals surface area contributed by atoms with Gasteiger partial charge in [-0.2, -0.15) is 0 Å². The molecule has 1 aromatic heterocycles. The fourth-order valence-electron chi connectivity index (χ4n) is 15.0. The van der Waals surface area contributed by atoms with Gasteiger partial charge in [0.2, 0.25) is 0 Å². The smallest absolute Gasteiger partial charge is 0.0541 e. The summed E-state index contributed by atoms with van der Waals surface area (Å²) < 4.78 is 2.48. The summed E-state index contributed by atoms with van der Waals surface area (Å²) in [5.74, 6) is 0. The number of aromatic nitrogens is 1. The van der Waals surface area contributed by atoms with Crippen molar-refractivity contribution in [2.45, 2.75) is 44.9 Å². The van der Waals surface area contributed by atoms with Crippen LogP contribution in [0.15, 0.2) is 285 Å². The highest BCUT2D eigenvalue weighted by Gasteiger charge is 2.25. The number of allylic oxidation sites excluding steroid dienone is 7. The molecule has 0 bridgehead atoms. The van der Waals surface area contributed by atoms with Crippen LogP contribution in [-0.4, -0.2) is 4.57 Å². The van der Waals surface area contributed by atoms with Crippen LogP contribution in [0.2, 0.25) is 0 Å². The van der Waals surface area contributed by atoms with Crippen molar-refractivity contribution in [3.8, 4) is 61.3 Å². The van der Waals surface area contributed by atoms with Gasteiger partial charge >= 0.3 is 0 Å². The minimum atomic E-state index is 0.975. The van der Waals surface area contributed by atoms with E-state index in [1.807, 2.05) is 0 Å². The Bertz CT molecular complexity index is 5220. The van der Waals surface area contributed by atoms with Crippen molar-refractivity contribution in [2.24, 2.45) is 0 Å². The summed E-state index contributed by atoms with van der Waals surface area (Å²) in [6, 6.07) is 93.5. The topological polar surface area (TPSA) is 8.17 Å². The van der Waals surface area contributed by atoms with Crippen LogP contribution < -0.4 is 15.3 Å². The first-order chi connectivity index (χ1) is 43.2. The van der Waals surface area contributed by atoms with E-state index in [0.717, 1.165) is 62.0 Å². The van der Waals surface area contributed by atoms with E-state index < -0.39 is 0 Å². The quantitative estimate of drug-likeness (QED) is 0.132. The molecule has 0 saturated carbocycles. The Morgan fingerprint density at radius 3 is 1.66 bits per heavy atom. The van der Waals surface area contributed by atoms with Gasteiger partial charge in [0.25, 0.3) is 0 Å². The summed E-state index contributed by atoms with van der Waals surface area (Å²) in [5.41, 5.74) is 27.9. The van der Waals surface area contributed by atoms with Crippen molar-refractivity contribution in [3.05, 3.63) is 317 Å². The lowest BCUT2D eigenvalue weighted by molar-refractivity contribution is 0.998. The van der Waals surface area contributed by atoms with Gasteiger partial charge in [-0.05, 0) is 221 Å². The molecule has 0 radical (unpaired) electrons. The third-order valence-electron chi connectivity index (χ3n) is 18.9. The average Bonchev–Trinajstić information content (AvgIpc) is 1.97. The second kappa shape index (κ2) is 21.2. The minimum absolute atomic E-state index is 0.975. The maximum Gasteiger partial charge on any atom is 0.0541 e. The SMILES string of the molecule is C1=CC(N(c2ccc(-n3c4ccc(C5=C(c6ccccc6)CCC=C5)cc4c4cc(-c5ccccc5-c5ccccc5)ccc43)cc2)c2ccc(-c3c4c(c(-c5ccc6c(c5)Cc5ccccc5-6)c5ccccc35)=CCCC=4)c3ccccc23)=CCC1. The number of hydrogen-bond acceptors (Lipinski definition) is 1. The zero-order valence-electron chi connectivity index (χ0n) is 48.6. The van der Waals surface area contributed by atoms with Crippen molar-refractivity contribution in [2.75, 3.05) is 4.90 Å². The van der Waals surface area contributed by atoms with Crippen LogP contribution in [0.1, 0.15) is 60.8 Å². The van der Waals surface area contributed by atoms with Gasteiger partial charge in [0, 0.05) is 33.2 Å². The van der Waals surface area contributed by atoms with Crippen LogP contribution in [0.4, 0.5) is 11.4 Å². The van der Waals surface area contributed by atoms with Crippen molar-refractivity contribution >= 4 is 78.0 Å². The first-order valence-corrected chi connectivity index (χ1v) is 31.1. The highest BCUT2D eigenvalue weighted by molar-refractivity contribution is 6.15. The van der Waals surface area contributed by atoms with Gasteiger partial charge in [0.15, 0.2) is 0 Å². The molecular formula is C85H62N2. The number of fused-ring (bicyclic) bond motifs is 9. The molecule has 0 aliphatic heterocycles. The van der Waals surface area contributed by atoms with Gasteiger partial charge in [-0.25, -0.2) is 0 Å². The molecule has 0 saturated heterocycles. The van der Waals surface area contributed by atoms with Crippen molar-refractivity contribution in [1.82, 2.24) is 4.57 Å². The maximum atomic E-state index is 2.52. The van der Waals surface area contributed by atoms with E-state index >= 15 is 0 Å². The highest BCUT2D eigenvalue weighted by Crippen LogP contribution is 2.46. The molecular weight excluding hydrogens is 1050 g/mol. The van der Waals surface area contributed by atoms with Crippen molar-refractivity contribution in [1.29, 1.82) is 0 Å². The molecule has 0 atom stereocenters. The fourth-order valence-corrected chi connectivity index (χ4v) is 15.0. The summed E-state index contributed by atoms with van der Waals surface area (Å²) in [4.78, 5) is 2.50. The first-order valence-electron chi connectivity index (χ1n) is 31.1. The fraction of sp³-hybridized carbons (Fsp3) is 0.0824. The van der Waals surface area contributed by atoms with E-state index in [9.17, 15) is 0 Å². The van der Waals surface area contributed by atoms with E-state index in [0.29, 0.717) is 0 Å². The van der Waals surface area contributed by atoms with Crippen molar-refractivity contribution in [3.63, 3.8) is 0 Å². The predicted octanol–water partition coefficient (Wildman–Crippen LogP) is 21.3. The molecule has 0 amide bonds. The zero-order valence-corrected chi connectivity index (χ0v) is 48.6. The average molecular weight is 1110 g/mol. The monoisotopic (exact) mass is 1110 g/mol.